The third kappa shape index (κ3) is 5.25. The van der Waals surface area contributed by atoms with Gasteiger partial charge in [0.2, 0.25) is 0 Å². The van der Waals surface area contributed by atoms with Crippen molar-refractivity contribution in [3.05, 3.63) is 28.3 Å². The monoisotopic (exact) mass is 456 g/mol. The molecule has 1 aromatic rings. The van der Waals surface area contributed by atoms with Crippen molar-refractivity contribution in [3.63, 3.8) is 0 Å². The lowest BCUT2D eigenvalue weighted by Crippen LogP contribution is -2.35. The van der Waals surface area contributed by atoms with Crippen molar-refractivity contribution >= 4 is 52.5 Å². The molecule has 0 radical (unpaired) electrons. The molecule has 1 heterocycles. The van der Waals surface area contributed by atoms with Crippen LogP contribution in [0.25, 0.3) is 0 Å². The fourth-order valence-electron chi connectivity index (χ4n) is 3.59. The maximum absolute atomic E-state index is 12.9. The number of ether oxygens (including phenoxy) is 2. The summed E-state index contributed by atoms with van der Waals surface area (Å²) in [6.45, 7) is 5.08. The van der Waals surface area contributed by atoms with Gasteiger partial charge < -0.3 is 9.47 Å². The van der Waals surface area contributed by atoms with Crippen molar-refractivity contribution in [2.24, 2.45) is 5.92 Å². The zero-order valence-corrected chi connectivity index (χ0v) is 19.0. The molecule has 0 aromatic heterocycles. The Morgan fingerprint density at radius 2 is 1.86 bits per heavy atom. The van der Waals surface area contributed by atoms with E-state index in [1.54, 1.807) is 29.6 Å². The first-order chi connectivity index (χ1) is 14.0. The Hall–Kier alpha value is -0.860. The van der Waals surface area contributed by atoms with Gasteiger partial charge in [-0.2, -0.15) is 0 Å². The van der Waals surface area contributed by atoms with E-state index in [-0.39, 0.29) is 40.8 Å². The highest BCUT2D eigenvalue weighted by atomic mass is 35.5. The molecule has 5 nitrogen and oxygen atoms in total. The minimum absolute atomic E-state index is 0.241. The number of hydrogen-bond acceptors (Lipinski definition) is 7. The van der Waals surface area contributed by atoms with E-state index in [1.165, 1.54) is 0 Å². The zero-order valence-electron chi connectivity index (χ0n) is 16.6. The number of benzene rings is 1. The number of Topliss-reactive ketones (excluding diaryl/α,β-unsaturated/α-hetero) is 3. The molecule has 0 N–H and O–H groups in total. The average molecular weight is 457 g/mol. The highest BCUT2D eigenvalue weighted by Gasteiger charge is 2.38. The summed E-state index contributed by atoms with van der Waals surface area (Å²) in [4.78, 5) is 38.3. The maximum Gasteiger partial charge on any atom is 0.182 e. The van der Waals surface area contributed by atoms with Gasteiger partial charge in [0.1, 0.15) is 5.92 Å². The molecule has 2 aliphatic rings. The summed E-state index contributed by atoms with van der Waals surface area (Å²) in [6.07, 6.45) is 1.55. The molecule has 1 atom stereocenters. The summed E-state index contributed by atoms with van der Waals surface area (Å²) < 4.78 is 11.4. The van der Waals surface area contributed by atoms with E-state index in [9.17, 15) is 14.4 Å². The van der Waals surface area contributed by atoms with Crippen molar-refractivity contribution < 1.29 is 23.9 Å². The predicted octanol–water partition coefficient (Wildman–Crippen LogP) is 4.57. The normalized spacial score (nSPS) is 19.8. The lowest BCUT2D eigenvalue weighted by atomic mass is 9.81. The van der Waals surface area contributed by atoms with Crippen molar-refractivity contribution in [3.8, 4) is 0 Å². The Bertz CT molecular complexity index is 776. The number of rotatable bonds is 9. The summed E-state index contributed by atoms with van der Waals surface area (Å²) in [5.41, 5.74) is 1.20. The van der Waals surface area contributed by atoms with Gasteiger partial charge in [-0.1, -0.05) is 11.6 Å². The second kappa shape index (κ2) is 10.4. The first-order valence-electron chi connectivity index (χ1n) is 9.88. The third-order valence-corrected chi connectivity index (χ3v) is 8.17. The van der Waals surface area contributed by atoms with Crippen molar-refractivity contribution in [2.45, 2.75) is 55.3 Å². The van der Waals surface area contributed by atoms with E-state index >= 15 is 0 Å². The molecule has 1 aliphatic heterocycles. The molecule has 0 bridgehead atoms. The Kier molecular flexibility index (Phi) is 8.22. The lowest BCUT2D eigenvalue weighted by Gasteiger charge is -2.19. The molecule has 0 amide bonds. The molecule has 0 spiro atoms. The van der Waals surface area contributed by atoms with Crippen molar-refractivity contribution in [2.75, 3.05) is 19.0 Å². The molecule has 1 aliphatic carbocycles. The first-order valence-corrected chi connectivity index (χ1v) is 12.2. The van der Waals surface area contributed by atoms with Gasteiger partial charge in [-0.3, -0.25) is 14.4 Å². The van der Waals surface area contributed by atoms with Crippen LogP contribution in [0.1, 0.15) is 49.0 Å². The molecule has 0 saturated heterocycles. The van der Waals surface area contributed by atoms with Crippen LogP contribution in [0.5, 0.6) is 0 Å². The van der Waals surface area contributed by atoms with Gasteiger partial charge in [0.25, 0.3) is 0 Å². The molecule has 1 aromatic carbocycles. The topological polar surface area (TPSA) is 69.7 Å². The van der Waals surface area contributed by atoms with Crippen LogP contribution in [0, 0.1) is 5.92 Å². The highest BCUT2D eigenvalue weighted by molar-refractivity contribution is 8.17. The van der Waals surface area contributed by atoms with Crippen LogP contribution < -0.4 is 0 Å². The Morgan fingerprint density at radius 1 is 1.21 bits per heavy atom. The molecular weight excluding hydrogens is 432 g/mol. The smallest absolute Gasteiger partial charge is 0.182 e. The molecular formula is C21H25ClO5S2. The van der Waals surface area contributed by atoms with Gasteiger partial charge in [-0.25, -0.2) is 0 Å². The summed E-state index contributed by atoms with van der Waals surface area (Å²) >= 11 is 10.0. The van der Waals surface area contributed by atoms with E-state index in [2.05, 4.69) is 0 Å². The molecule has 1 fully saturated rings. The molecule has 29 heavy (non-hydrogen) atoms. The third-order valence-electron chi connectivity index (χ3n) is 4.97. The number of carbonyl (C=O) groups excluding carboxylic acids is 3. The van der Waals surface area contributed by atoms with E-state index in [0.717, 1.165) is 10.5 Å². The van der Waals surface area contributed by atoms with Gasteiger partial charge in [-0.15, -0.1) is 23.5 Å². The maximum atomic E-state index is 12.9. The number of hydrogen-bond donors (Lipinski definition) is 0. The summed E-state index contributed by atoms with van der Waals surface area (Å²) in [7, 11) is 0. The van der Waals surface area contributed by atoms with Gasteiger partial charge in [0.05, 0.1) is 9.60 Å². The van der Waals surface area contributed by atoms with Crippen LogP contribution in [-0.4, -0.2) is 47.2 Å². The number of halogens is 1. The number of ketones is 3. The van der Waals surface area contributed by atoms with Crippen molar-refractivity contribution in [1.29, 1.82) is 0 Å². The molecule has 1 saturated carbocycles. The minimum atomic E-state index is -1.18. The van der Waals surface area contributed by atoms with Crippen LogP contribution in [0.15, 0.2) is 17.0 Å². The van der Waals surface area contributed by atoms with Crippen LogP contribution in [0.3, 0.4) is 0 Å². The number of carbonyl (C=O) groups is 3. The predicted molar refractivity (Wildman–Crippen MR) is 116 cm³/mol. The SMILES string of the molecule is CCOC(CSC1Cc2c(ccc(C(=O)C3C(=O)CCCC3=O)c2Cl)S1)OCC. The van der Waals surface area contributed by atoms with E-state index < -0.39 is 11.7 Å². The van der Waals surface area contributed by atoms with Crippen LogP contribution in [0.4, 0.5) is 0 Å². The van der Waals surface area contributed by atoms with E-state index in [0.29, 0.717) is 36.8 Å². The number of fused-ring (bicyclic) bond motifs is 1. The van der Waals surface area contributed by atoms with Gasteiger partial charge in [0, 0.05) is 42.3 Å². The minimum Gasteiger partial charge on any atom is -0.352 e. The second-order valence-corrected chi connectivity index (χ2v) is 10.1. The van der Waals surface area contributed by atoms with Crippen LogP contribution in [-0.2, 0) is 25.5 Å². The van der Waals surface area contributed by atoms with Gasteiger partial charge >= 0.3 is 0 Å². The quantitative estimate of drug-likeness (QED) is 0.306. The zero-order chi connectivity index (χ0) is 21.0. The number of thioether (sulfide) groups is 2. The van der Waals surface area contributed by atoms with Crippen LogP contribution in [0.2, 0.25) is 5.02 Å². The van der Waals surface area contributed by atoms with E-state index in [4.69, 9.17) is 21.1 Å². The largest absolute Gasteiger partial charge is 0.352 e. The fraction of sp³-hybridized carbons (Fsp3) is 0.571. The Morgan fingerprint density at radius 3 is 2.48 bits per heavy atom. The molecule has 8 heteroatoms. The summed E-state index contributed by atoms with van der Waals surface area (Å²) in [5.74, 6) is -1.51. The van der Waals surface area contributed by atoms with Gasteiger partial charge in [0.15, 0.2) is 23.6 Å². The second-order valence-electron chi connectivity index (χ2n) is 6.91. The van der Waals surface area contributed by atoms with Crippen molar-refractivity contribution in [1.82, 2.24) is 0 Å². The summed E-state index contributed by atoms with van der Waals surface area (Å²) in [5, 5.41) is 0.375. The highest BCUT2D eigenvalue weighted by Crippen LogP contribution is 2.46. The average Bonchev–Trinajstić information content (AvgIpc) is 3.10. The van der Waals surface area contributed by atoms with Gasteiger partial charge in [-0.05, 0) is 44.4 Å². The lowest BCUT2D eigenvalue weighted by molar-refractivity contribution is -0.133. The standard InChI is InChI=1S/C21H25ClO5S2/c1-3-26-17(27-4-2)11-28-18-10-13-16(29-18)9-8-12(20(13)22)21(25)19-14(23)6-5-7-15(19)24/h8-9,17-19H,3-7,10-11H2,1-2H3. The Labute approximate surface area is 184 Å². The molecule has 158 valence electrons. The summed E-state index contributed by atoms with van der Waals surface area (Å²) in [6, 6.07) is 3.53. The first kappa shape index (κ1) is 22.8. The van der Waals surface area contributed by atoms with Crippen LogP contribution >= 0.6 is 35.1 Å². The Balaban J connectivity index is 1.70. The fourth-order valence-corrected chi connectivity index (χ4v) is 6.66. The molecule has 3 rings (SSSR count). The van der Waals surface area contributed by atoms with E-state index in [1.807, 2.05) is 19.9 Å². The molecule has 1 unspecified atom stereocenters.